The number of rotatable bonds is 10. The standard InChI is InChI=1S/C24H23BrClN3O5S/c1-33-21-10-5-18(23(13-21)34-2)14-27-28-24(30)16-29(15-17-3-6-19(25)7-4-17)35(31,32)22-11-8-20(26)9-12-22/h3-14H,15-16H2,1-2H3,(H,28,30)/b27-14-. The van der Waals surface area contributed by atoms with E-state index in [1.165, 1.54) is 37.6 Å². The average Bonchev–Trinajstić information content (AvgIpc) is 2.85. The van der Waals surface area contributed by atoms with Gasteiger partial charge in [-0.05, 0) is 54.1 Å². The summed E-state index contributed by atoms with van der Waals surface area (Å²) in [5, 5.41) is 4.36. The smallest absolute Gasteiger partial charge is 0.255 e. The summed E-state index contributed by atoms with van der Waals surface area (Å²) in [5.74, 6) is 0.506. The number of amides is 1. The third-order valence-electron chi connectivity index (χ3n) is 4.88. The van der Waals surface area contributed by atoms with Crippen LogP contribution in [0.1, 0.15) is 11.1 Å². The summed E-state index contributed by atoms with van der Waals surface area (Å²) in [6.45, 7) is -0.459. The van der Waals surface area contributed by atoms with Gasteiger partial charge in [0.25, 0.3) is 5.91 Å². The predicted octanol–water partition coefficient (Wildman–Crippen LogP) is 4.46. The van der Waals surface area contributed by atoms with Gasteiger partial charge in [0.1, 0.15) is 11.5 Å². The number of nitrogens with zero attached hydrogens (tertiary/aromatic N) is 2. The second-order valence-corrected chi connectivity index (χ2v) is 10.5. The van der Waals surface area contributed by atoms with Crippen LogP contribution in [-0.2, 0) is 21.4 Å². The maximum absolute atomic E-state index is 13.3. The van der Waals surface area contributed by atoms with Crippen molar-refractivity contribution in [3.05, 3.63) is 87.4 Å². The Morgan fingerprint density at radius 1 is 1.06 bits per heavy atom. The molecule has 0 aromatic heterocycles. The van der Waals surface area contributed by atoms with Crippen molar-refractivity contribution in [1.29, 1.82) is 0 Å². The molecule has 0 aliphatic carbocycles. The summed E-state index contributed by atoms with van der Waals surface area (Å²) in [6, 6.07) is 18.1. The van der Waals surface area contributed by atoms with Crippen LogP contribution in [-0.4, -0.2) is 45.6 Å². The summed E-state index contributed by atoms with van der Waals surface area (Å²) in [7, 11) is -0.952. The molecule has 1 amide bonds. The van der Waals surface area contributed by atoms with E-state index < -0.39 is 22.5 Å². The highest BCUT2D eigenvalue weighted by molar-refractivity contribution is 9.10. The fourth-order valence-corrected chi connectivity index (χ4v) is 4.84. The van der Waals surface area contributed by atoms with Gasteiger partial charge < -0.3 is 9.47 Å². The van der Waals surface area contributed by atoms with Crippen molar-refractivity contribution >= 4 is 49.7 Å². The van der Waals surface area contributed by atoms with Crippen LogP contribution in [0, 0.1) is 0 Å². The molecule has 0 spiro atoms. The number of ether oxygens (including phenoxy) is 2. The largest absolute Gasteiger partial charge is 0.497 e. The van der Waals surface area contributed by atoms with Crippen molar-refractivity contribution in [1.82, 2.24) is 9.73 Å². The molecule has 8 nitrogen and oxygen atoms in total. The molecule has 0 aliphatic heterocycles. The highest BCUT2D eigenvalue weighted by Gasteiger charge is 2.27. The third-order valence-corrected chi connectivity index (χ3v) is 7.46. The maximum Gasteiger partial charge on any atom is 0.255 e. The van der Waals surface area contributed by atoms with Crippen molar-refractivity contribution in [2.75, 3.05) is 20.8 Å². The van der Waals surface area contributed by atoms with Crippen LogP contribution in [0.2, 0.25) is 5.02 Å². The van der Waals surface area contributed by atoms with Crippen molar-refractivity contribution in [3.63, 3.8) is 0 Å². The van der Waals surface area contributed by atoms with Gasteiger partial charge >= 0.3 is 0 Å². The van der Waals surface area contributed by atoms with Gasteiger partial charge in [0.2, 0.25) is 10.0 Å². The van der Waals surface area contributed by atoms with Crippen LogP contribution in [0.4, 0.5) is 0 Å². The average molecular weight is 581 g/mol. The summed E-state index contributed by atoms with van der Waals surface area (Å²) in [5.41, 5.74) is 3.70. The van der Waals surface area contributed by atoms with Gasteiger partial charge in [-0.2, -0.15) is 9.41 Å². The lowest BCUT2D eigenvalue weighted by Gasteiger charge is -2.21. The van der Waals surface area contributed by atoms with E-state index in [4.69, 9.17) is 21.1 Å². The van der Waals surface area contributed by atoms with E-state index >= 15 is 0 Å². The van der Waals surface area contributed by atoms with Gasteiger partial charge in [0.05, 0.1) is 31.9 Å². The second kappa shape index (κ2) is 12.2. The summed E-state index contributed by atoms with van der Waals surface area (Å²) >= 11 is 9.27. The zero-order valence-corrected chi connectivity index (χ0v) is 22.1. The molecule has 0 fully saturated rings. The van der Waals surface area contributed by atoms with Crippen LogP contribution in [0.15, 0.2) is 81.2 Å². The highest BCUT2D eigenvalue weighted by Crippen LogP contribution is 2.23. The SMILES string of the molecule is COc1ccc(/C=N\NC(=O)CN(Cc2ccc(Br)cc2)S(=O)(=O)c2ccc(Cl)cc2)c(OC)c1. The summed E-state index contributed by atoms with van der Waals surface area (Å²) < 4.78 is 39.0. The monoisotopic (exact) mass is 579 g/mol. The zero-order chi connectivity index (χ0) is 25.4. The van der Waals surface area contributed by atoms with E-state index in [0.717, 1.165) is 8.78 Å². The minimum Gasteiger partial charge on any atom is -0.497 e. The lowest BCUT2D eigenvalue weighted by Crippen LogP contribution is -2.39. The first-order chi connectivity index (χ1) is 16.7. The van der Waals surface area contributed by atoms with Crippen LogP contribution in [0.5, 0.6) is 11.5 Å². The quantitative estimate of drug-likeness (QED) is 0.282. The first-order valence-corrected chi connectivity index (χ1v) is 12.9. The van der Waals surface area contributed by atoms with E-state index in [0.29, 0.717) is 27.6 Å². The van der Waals surface area contributed by atoms with E-state index in [2.05, 4.69) is 26.5 Å². The van der Waals surface area contributed by atoms with Gasteiger partial charge in [-0.25, -0.2) is 13.8 Å². The van der Waals surface area contributed by atoms with Crippen LogP contribution < -0.4 is 14.9 Å². The van der Waals surface area contributed by atoms with Crippen LogP contribution >= 0.6 is 27.5 Å². The molecule has 1 N–H and O–H groups in total. The Balaban J connectivity index is 1.79. The van der Waals surface area contributed by atoms with Crippen molar-refractivity contribution in [2.24, 2.45) is 5.10 Å². The number of benzene rings is 3. The van der Waals surface area contributed by atoms with Crippen LogP contribution in [0.25, 0.3) is 0 Å². The minimum absolute atomic E-state index is 0.0122. The predicted molar refractivity (Wildman–Crippen MR) is 138 cm³/mol. The molecule has 3 aromatic carbocycles. The Bertz CT molecular complexity index is 1300. The van der Waals surface area contributed by atoms with Gasteiger partial charge in [0.15, 0.2) is 0 Å². The molecule has 0 heterocycles. The Kier molecular flexibility index (Phi) is 9.27. The molecule has 0 radical (unpaired) electrons. The first kappa shape index (κ1) is 26.7. The molecular formula is C24H23BrClN3O5S. The molecule has 0 saturated carbocycles. The van der Waals surface area contributed by atoms with Gasteiger partial charge in [-0.1, -0.05) is 39.7 Å². The Labute approximate surface area is 217 Å². The lowest BCUT2D eigenvalue weighted by molar-refractivity contribution is -0.121. The van der Waals surface area contributed by atoms with Crippen molar-refractivity contribution < 1.29 is 22.7 Å². The first-order valence-electron chi connectivity index (χ1n) is 10.3. The Morgan fingerprint density at radius 2 is 1.74 bits per heavy atom. The normalized spacial score (nSPS) is 11.6. The number of hydrogen-bond donors (Lipinski definition) is 1. The number of halogens is 2. The summed E-state index contributed by atoms with van der Waals surface area (Å²) in [6.07, 6.45) is 1.41. The molecule has 0 saturated heterocycles. The number of sulfonamides is 1. The van der Waals surface area contributed by atoms with Gasteiger partial charge in [-0.15, -0.1) is 0 Å². The zero-order valence-electron chi connectivity index (χ0n) is 18.9. The Hall–Kier alpha value is -2.92. The van der Waals surface area contributed by atoms with E-state index in [9.17, 15) is 13.2 Å². The molecular weight excluding hydrogens is 558 g/mol. The highest BCUT2D eigenvalue weighted by atomic mass is 79.9. The molecule has 0 bridgehead atoms. The molecule has 3 rings (SSSR count). The molecule has 0 unspecified atom stereocenters. The van der Waals surface area contributed by atoms with Crippen molar-refractivity contribution in [3.8, 4) is 11.5 Å². The fraction of sp³-hybridized carbons (Fsp3) is 0.167. The van der Waals surface area contributed by atoms with Crippen LogP contribution in [0.3, 0.4) is 0 Å². The molecule has 0 atom stereocenters. The maximum atomic E-state index is 13.3. The second-order valence-electron chi connectivity index (χ2n) is 7.25. The number of carbonyl (C=O) groups excluding carboxylic acids is 1. The fourth-order valence-electron chi connectivity index (χ4n) is 3.07. The number of methoxy groups -OCH3 is 2. The minimum atomic E-state index is -4.00. The van der Waals surface area contributed by atoms with Gasteiger partial charge in [0, 0.05) is 27.7 Å². The topological polar surface area (TPSA) is 97.3 Å². The summed E-state index contributed by atoms with van der Waals surface area (Å²) in [4.78, 5) is 12.7. The third kappa shape index (κ3) is 7.28. The number of nitrogens with one attached hydrogen (secondary N) is 1. The lowest BCUT2D eigenvalue weighted by atomic mass is 10.2. The Morgan fingerprint density at radius 3 is 2.37 bits per heavy atom. The molecule has 184 valence electrons. The molecule has 0 aliphatic rings. The molecule has 11 heteroatoms. The van der Waals surface area contributed by atoms with E-state index in [-0.39, 0.29) is 11.4 Å². The number of carbonyl (C=O) groups is 1. The van der Waals surface area contributed by atoms with Gasteiger partial charge in [-0.3, -0.25) is 4.79 Å². The van der Waals surface area contributed by atoms with Crippen molar-refractivity contribution in [2.45, 2.75) is 11.4 Å². The molecule has 35 heavy (non-hydrogen) atoms. The van der Waals surface area contributed by atoms with E-state index in [1.807, 2.05) is 0 Å². The number of hydrogen-bond acceptors (Lipinski definition) is 6. The number of hydrazone groups is 1. The van der Waals surface area contributed by atoms with E-state index in [1.54, 1.807) is 49.6 Å². The molecule has 3 aromatic rings.